The largest absolute Gasteiger partial charge is 0.256 e. The van der Waals surface area contributed by atoms with E-state index in [2.05, 4.69) is 27.6 Å². The van der Waals surface area contributed by atoms with E-state index in [0.29, 0.717) is 0 Å². The maximum Gasteiger partial charge on any atom is 0.123 e. The van der Waals surface area contributed by atoms with Crippen LogP contribution in [0.1, 0.15) is 5.56 Å². The molecule has 2 aromatic carbocycles. The Morgan fingerprint density at radius 2 is 1.56 bits per heavy atom. The van der Waals surface area contributed by atoms with Gasteiger partial charge in [0, 0.05) is 9.78 Å². The summed E-state index contributed by atoms with van der Waals surface area (Å²) in [7, 11) is 0. The van der Waals surface area contributed by atoms with Crippen molar-refractivity contribution < 1.29 is 4.39 Å². The van der Waals surface area contributed by atoms with Crippen molar-refractivity contribution in [3.05, 3.63) is 63.5 Å². The first-order chi connectivity index (χ1) is 7.74. The summed E-state index contributed by atoms with van der Waals surface area (Å²) in [6.07, 6.45) is 1.72. The van der Waals surface area contributed by atoms with E-state index in [4.69, 9.17) is 0 Å². The highest BCUT2D eigenvalue weighted by molar-refractivity contribution is 14.1. The summed E-state index contributed by atoms with van der Waals surface area (Å²) in [6.45, 7) is 0. The molecule has 0 saturated carbocycles. The van der Waals surface area contributed by atoms with Gasteiger partial charge in [-0.25, -0.2) is 4.39 Å². The fourth-order valence-electron chi connectivity index (χ4n) is 1.23. The summed E-state index contributed by atoms with van der Waals surface area (Å²) in [5.74, 6) is -0.230. The second-order valence-corrected chi connectivity index (χ2v) is 4.53. The van der Waals surface area contributed by atoms with Crippen molar-refractivity contribution in [1.29, 1.82) is 0 Å². The molecular weight excluding hydrogens is 316 g/mol. The molecule has 0 unspecified atom stereocenters. The second-order valence-electron chi connectivity index (χ2n) is 3.29. The second kappa shape index (κ2) is 5.21. The van der Waals surface area contributed by atoms with Crippen molar-refractivity contribution in [3.8, 4) is 0 Å². The predicted octanol–water partition coefficient (Wildman–Crippen LogP) is 4.18. The molecule has 0 saturated heterocycles. The number of hydrogen-bond donors (Lipinski definition) is 0. The van der Waals surface area contributed by atoms with Crippen LogP contribution in [0.15, 0.2) is 53.5 Å². The van der Waals surface area contributed by atoms with E-state index < -0.39 is 0 Å². The van der Waals surface area contributed by atoms with Gasteiger partial charge in [-0.2, -0.15) is 0 Å². The lowest BCUT2D eigenvalue weighted by Gasteiger charge is -1.94. The molecular formula is C13H9FIN. The van der Waals surface area contributed by atoms with Crippen LogP contribution in [0, 0.1) is 9.39 Å². The first-order valence-electron chi connectivity index (χ1n) is 4.79. The molecule has 0 heterocycles. The van der Waals surface area contributed by atoms with E-state index >= 15 is 0 Å². The zero-order valence-electron chi connectivity index (χ0n) is 8.40. The van der Waals surface area contributed by atoms with Gasteiger partial charge in [0.05, 0.1) is 5.69 Å². The number of nitrogens with zero attached hydrogens (tertiary/aromatic N) is 1. The Kier molecular flexibility index (Phi) is 3.66. The molecule has 2 aromatic rings. The molecule has 80 valence electrons. The Hall–Kier alpha value is -1.23. The van der Waals surface area contributed by atoms with Crippen LogP contribution in [0.3, 0.4) is 0 Å². The molecule has 0 aliphatic rings. The van der Waals surface area contributed by atoms with E-state index in [-0.39, 0.29) is 5.82 Å². The number of aliphatic imine (C=N–C) groups is 1. The van der Waals surface area contributed by atoms with Crippen LogP contribution >= 0.6 is 22.6 Å². The van der Waals surface area contributed by atoms with E-state index in [9.17, 15) is 4.39 Å². The zero-order chi connectivity index (χ0) is 11.4. The van der Waals surface area contributed by atoms with Gasteiger partial charge >= 0.3 is 0 Å². The Morgan fingerprint density at radius 1 is 0.938 bits per heavy atom. The van der Waals surface area contributed by atoms with Gasteiger partial charge in [-0.1, -0.05) is 12.1 Å². The highest BCUT2D eigenvalue weighted by atomic mass is 127. The van der Waals surface area contributed by atoms with Gasteiger partial charge in [0.2, 0.25) is 0 Å². The molecule has 16 heavy (non-hydrogen) atoms. The highest BCUT2D eigenvalue weighted by Crippen LogP contribution is 2.14. The number of hydrogen-bond acceptors (Lipinski definition) is 1. The first-order valence-corrected chi connectivity index (χ1v) is 5.87. The van der Waals surface area contributed by atoms with Crippen LogP contribution in [0.25, 0.3) is 0 Å². The molecule has 2 rings (SSSR count). The average molecular weight is 325 g/mol. The predicted molar refractivity (Wildman–Crippen MR) is 72.8 cm³/mol. The third-order valence-electron chi connectivity index (χ3n) is 2.06. The minimum Gasteiger partial charge on any atom is -0.256 e. The van der Waals surface area contributed by atoms with Gasteiger partial charge in [-0.15, -0.1) is 0 Å². The van der Waals surface area contributed by atoms with E-state index in [0.717, 1.165) is 11.3 Å². The fraction of sp³-hybridized carbons (Fsp3) is 0. The highest BCUT2D eigenvalue weighted by Gasteiger charge is 1.91. The van der Waals surface area contributed by atoms with Crippen LogP contribution in [0.4, 0.5) is 10.1 Å². The lowest BCUT2D eigenvalue weighted by molar-refractivity contribution is 0.628. The van der Waals surface area contributed by atoms with Crippen LogP contribution in [-0.4, -0.2) is 6.21 Å². The summed E-state index contributed by atoms with van der Waals surface area (Å²) in [5, 5.41) is 0. The number of rotatable bonds is 2. The van der Waals surface area contributed by atoms with E-state index in [1.54, 1.807) is 18.3 Å². The molecule has 1 nitrogen and oxygen atoms in total. The summed E-state index contributed by atoms with van der Waals surface area (Å²) in [4.78, 5) is 4.30. The Bertz CT molecular complexity index is 441. The molecule has 0 bridgehead atoms. The van der Waals surface area contributed by atoms with Crippen LogP contribution in [-0.2, 0) is 0 Å². The van der Waals surface area contributed by atoms with E-state index in [1.165, 1.54) is 15.7 Å². The average Bonchev–Trinajstić information content (AvgIpc) is 2.30. The molecule has 0 aliphatic heterocycles. The lowest BCUT2D eigenvalue weighted by Crippen LogP contribution is -1.80. The standard InChI is InChI=1S/C13H9FIN/c14-11-3-1-10(2-4-11)9-16-13-7-5-12(15)6-8-13/h1-9H. The summed E-state index contributed by atoms with van der Waals surface area (Å²) in [5.41, 5.74) is 1.78. The third-order valence-corrected chi connectivity index (χ3v) is 2.78. The van der Waals surface area contributed by atoms with Gasteiger partial charge in [-0.3, -0.25) is 4.99 Å². The molecule has 0 aliphatic carbocycles. The number of halogens is 2. The molecule has 0 atom stereocenters. The molecule has 0 amide bonds. The summed E-state index contributed by atoms with van der Waals surface area (Å²) < 4.78 is 13.8. The normalized spacial score (nSPS) is 10.9. The van der Waals surface area contributed by atoms with Gasteiger partial charge in [0.25, 0.3) is 0 Å². The minimum absolute atomic E-state index is 0.230. The number of benzene rings is 2. The first kappa shape index (κ1) is 11.3. The molecule has 0 spiro atoms. The molecule has 0 N–H and O–H groups in total. The maximum absolute atomic E-state index is 12.6. The summed E-state index contributed by atoms with van der Waals surface area (Å²) in [6, 6.07) is 14.1. The van der Waals surface area contributed by atoms with Crippen LogP contribution < -0.4 is 0 Å². The SMILES string of the molecule is Fc1ccc(C=Nc2ccc(I)cc2)cc1. The van der Waals surface area contributed by atoms with Crippen molar-refractivity contribution in [3.63, 3.8) is 0 Å². The van der Waals surface area contributed by atoms with Crippen molar-refractivity contribution in [2.24, 2.45) is 4.99 Å². The van der Waals surface area contributed by atoms with E-state index in [1.807, 2.05) is 24.3 Å². The monoisotopic (exact) mass is 325 g/mol. The van der Waals surface area contributed by atoms with Crippen LogP contribution in [0.2, 0.25) is 0 Å². The minimum atomic E-state index is -0.230. The lowest BCUT2D eigenvalue weighted by atomic mass is 10.2. The molecule has 0 aromatic heterocycles. The van der Waals surface area contributed by atoms with Gasteiger partial charge < -0.3 is 0 Å². The zero-order valence-corrected chi connectivity index (χ0v) is 10.6. The van der Waals surface area contributed by atoms with Gasteiger partial charge in [-0.05, 0) is 64.6 Å². The van der Waals surface area contributed by atoms with Crippen molar-refractivity contribution in [1.82, 2.24) is 0 Å². The van der Waals surface area contributed by atoms with Crippen molar-refractivity contribution >= 4 is 34.5 Å². The topological polar surface area (TPSA) is 12.4 Å². The van der Waals surface area contributed by atoms with Gasteiger partial charge in [0.1, 0.15) is 5.82 Å². The molecule has 0 radical (unpaired) electrons. The van der Waals surface area contributed by atoms with Crippen molar-refractivity contribution in [2.75, 3.05) is 0 Å². The Balaban J connectivity index is 2.15. The van der Waals surface area contributed by atoms with Crippen molar-refractivity contribution in [2.45, 2.75) is 0 Å². The summed E-state index contributed by atoms with van der Waals surface area (Å²) >= 11 is 2.25. The fourth-order valence-corrected chi connectivity index (χ4v) is 1.58. The molecule has 0 fully saturated rings. The Labute approximate surface area is 107 Å². The smallest absolute Gasteiger partial charge is 0.123 e. The Morgan fingerprint density at radius 3 is 2.19 bits per heavy atom. The van der Waals surface area contributed by atoms with Gasteiger partial charge in [0.15, 0.2) is 0 Å². The van der Waals surface area contributed by atoms with Crippen LogP contribution in [0.5, 0.6) is 0 Å². The third kappa shape index (κ3) is 3.13. The molecule has 3 heteroatoms. The quantitative estimate of drug-likeness (QED) is 0.580. The maximum atomic E-state index is 12.6.